The first kappa shape index (κ1) is 27.3. The predicted octanol–water partition coefficient (Wildman–Crippen LogP) is 5.35. The van der Waals surface area contributed by atoms with Gasteiger partial charge in [0.15, 0.2) is 11.4 Å². The van der Waals surface area contributed by atoms with Gasteiger partial charge in [0.05, 0.1) is 23.7 Å². The van der Waals surface area contributed by atoms with Crippen LogP contribution >= 0.6 is 11.8 Å². The summed E-state index contributed by atoms with van der Waals surface area (Å²) in [5.74, 6) is 0.605. The second-order valence-corrected chi connectivity index (χ2v) is 11.9. The largest absolute Gasteiger partial charge is 0.392 e. The minimum atomic E-state index is -3.75. The fraction of sp³-hybridized carbons (Fsp3) is 0.241. The lowest BCUT2D eigenvalue weighted by Crippen LogP contribution is -2.38. The molecule has 1 saturated heterocycles. The van der Waals surface area contributed by atoms with E-state index in [4.69, 9.17) is 9.47 Å². The monoisotopic (exact) mass is 563 g/mol. The molecule has 0 spiro atoms. The van der Waals surface area contributed by atoms with Crippen LogP contribution in [0.1, 0.15) is 36.0 Å². The van der Waals surface area contributed by atoms with Crippen LogP contribution in [-0.2, 0) is 26.1 Å². The molecule has 1 aliphatic heterocycles. The first-order chi connectivity index (χ1) is 18.9. The minimum absolute atomic E-state index is 0.00259. The summed E-state index contributed by atoms with van der Waals surface area (Å²) in [6, 6.07) is 24.8. The molecule has 0 aliphatic carbocycles. The van der Waals surface area contributed by atoms with Crippen molar-refractivity contribution in [3.05, 3.63) is 114 Å². The van der Waals surface area contributed by atoms with E-state index < -0.39 is 16.3 Å². The van der Waals surface area contributed by atoms with Gasteiger partial charge in [-0.05, 0) is 41.5 Å². The Balaban J connectivity index is 1.40. The lowest BCUT2D eigenvalue weighted by atomic mass is 9.91. The van der Waals surface area contributed by atoms with Crippen molar-refractivity contribution in [3.8, 4) is 0 Å². The Hall–Kier alpha value is -3.28. The highest BCUT2D eigenvalue weighted by atomic mass is 32.2. The van der Waals surface area contributed by atoms with Gasteiger partial charge in [-0.15, -0.1) is 0 Å². The van der Waals surface area contributed by atoms with E-state index in [9.17, 15) is 13.5 Å². The standard InChI is InChI=1S/C29H29N3O5S2/c1-20-26(19-38-29-30-15-6-16-31-29)36-28(37-27(20)22-13-11-21(18-33)12-14-22)23-7-5-8-24(17-23)32-39(34,35)25-9-3-2-4-10-25/h2-17,20,26-28,32-33H,18-19H2,1H3. The summed E-state index contributed by atoms with van der Waals surface area (Å²) in [6.07, 6.45) is 2.19. The Kier molecular flexibility index (Phi) is 8.59. The summed E-state index contributed by atoms with van der Waals surface area (Å²) in [5, 5.41) is 10.1. The summed E-state index contributed by atoms with van der Waals surface area (Å²) < 4.78 is 41.4. The highest BCUT2D eigenvalue weighted by Crippen LogP contribution is 2.43. The first-order valence-electron chi connectivity index (χ1n) is 12.5. The van der Waals surface area contributed by atoms with Crippen LogP contribution in [0.2, 0.25) is 0 Å². The smallest absolute Gasteiger partial charge is 0.261 e. The van der Waals surface area contributed by atoms with Crippen LogP contribution in [0.4, 0.5) is 5.69 Å². The highest BCUT2D eigenvalue weighted by Gasteiger charge is 2.38. The van der Waals surface area contributed by atoms with E-state index in [1.165, 1.54) is 11.8 Å². The zero-order chi connectivity index (χ0) is 27.2. The zero-order valence-corrected chi connectivity index (χ0v) is 22.9. The van der Waals surface area contributed by atoms with Gasteiger partial charge in [0.1, 0.15) is 0 Å². The van der Waals surface area contributed by atoms with E-state index >= 15 is 0 Å². The van der Waals surface area contributed by atoms with E-state index in [2.05, 4.69) is 21.6 Å². The van der Waals surface area contributed by atoms with Gasteiger partial charge in [0.25, 0.3) is 10.0 Å². The van der Waals surface area contributed by atoms with Crippen molar-refractivity contribution in [2.24, 2.45) is 5.92 Å². The maximum absolute atomic E-state index is 12.9. The Bertz CT molecular complexity index is 1470. The summed E-state index contributed by atoms with van der Waals surface area (Å²) in [6.45, 7) is 2.05. The highest BCUT2D eigenvalue weighted by molar-refractivity contribution is 7.99. The van der Waals surface area contributed by atoms with Crippen LogP contribution in [0, 0.1) is 5.92 Å². The number of ether oxygens (including phenoxy) is 2. The summed E-state index contributed by atoms with van der Waals surface area (Å²) >= 11 is 1.51. The predicted molar refractivity (Wildman–Crippen MR) is 149 cm³/mol. The molecule has 1 aromatic heterocycles. The SMILES string of the molecule is CC1C(CSc2ncccn2)OC(c2cccc(NS(=O)(=O)c3ccccc3)c2)OC1c1ccc(CO)cc1. The minimum Gasteiger partial charge on any atom is -0.392 e. The van der Waals surface area contributed by atoms with Gasteiger partial charge in [-0.3, -0.25) is 4.72 Å². The molecule has 1 fully saturated rings. The Morgan fingerprint density at radius 1 is 0.897 bits per heavy atom. The molecule has 10 heteroatoms. The van der Waals surface area contributed by atoms with E-state index in [0.29, 0.717) is 22.2 Å². The van der Waals surface area contributed by atoms with Crippen molar-refractivity contribution in [1.82, 2.24) is 9.97 Å². The molecule has 0 saturated carbocycles. The molecule has 3 aromatic carbocycles. The molecule has 0 amide bonds. The van der Waals surface area contributed by atoms with Gasteiger partial charge in [-0.1, -0.05) is 73.3 Å². The summed E-state index contributed by atoms with van der Waals surface area (Å²) in [5.41, 5.74) is 2.90. The number of aromatic nitrogens is 2. The molecular formula is C29H29N3O5S2. The quantitative estimate of drug-likeness (QED) is 0.207. The topological polar surface area (TPSA) is 111 Å². The van der Waals surface area contributed by atoms with Gasteiger partial charge in [0, 0.05) is 35.3 Å². The number of nitrogens with zero attached hydrogens (tertiary/aromatic N) is 2. The molecule has 202 valence electrons. The van der Waals surface area contributed by atoms with Crippen molar-refractivity contribution in [2.75, 3.05) is 10.5 Å². The van der Waals surface area contributed by atoms with Crippen LogP contribution in [0.3, 0.4) is 0 Å². The van der Waals surface area contributed by atoms with Crippen molar-refractivity contribution < 1.29 is 23.0 Å². The average Bonchev–Trinajstić information content (AvgIpc) is 2.97. The van der Waals surface area contributed by atoms with Gasteiger partial charge < -0.3 is 14.6 Å². The molecule has 5 rings (SSSR count). The van der Waals surface area contributed by atoms with Gasteiger partial charge in [-0.2, -0.15) is 0 Å². The maximum Gasteiger partial charge on any atom is 0.261 e. The fourth-order valence-electron chi connectivity index (χ4n) is 4.39. The first-order valence-corrected chi connectivity index (χ1v) is 15.0. The maximum atomic E-state index is 12.9. The molecule has 2 heterocycles. The van der Waals surface area contributed by atoms with Crippen molar-refractivity contribution in [2.45, 2.75) is 42.1 Å². The lowest BCUT2D eigenvalue weighted by molar-refractivity contribution is -0.268. The number of sulfonamides is 1. The van der Waals surface area contributed by atoms with Crippen LogP contribution in [0.25, 0.3) is 0 Å². The molecule has 4 atom stereocenters. The van der Waals surface area contributed by atoms with Gasteiger partial charge >= 0.3 is 0 Å². The number of nitrogens with one attached hydrogen (secondary N) is 1. The zero-order valence-electron chi connectivity index (χ0n) is 21.3. The lowest BCUT2D eigenvalue weighted by Gasteiger charge is -2.41. The van der Waals surface area contributed by atoms with E-state index in [1.54, 1.807) is 67.0 Å². The number of thioether (sulfide) groups is 1. The normalized spacial score (nSPS) is 21.4. The number of anilines is 1. The third-order valence-corrected chi connectivity index (χ3v) is 8.87. The number of rotatable bonds is 9. The fourth-order valence-corrected chi connectivity index (χ4v) is 6.43. The average molecular weight is 564 g/mol. The number of hydrogen-bond donors (Lipinski definition) is 2. The van der Waals surface area contributed by atoms with Crippen LogP contribution in [-0.4, -0.2) is 35.3 Å². The van der Waals surface area contributed by atoms with E-state index in [-0.39, 0.29) is 29.6 Å². The Morgan fingerprint density at radius 2 is 1.64 bits per heavy atom. The number of aliphatic hydroxyl groups excluding tert-OH is 1. The third-order valence-electron chi connectivity index (χ3n) is 6.51. The molecular weight excluding hydrogens is 534 g/mol. The van der Waals surface area contributed by atoms with Crippen LogP contribution < -0.4 is 4.72 Å². The van der Waals surface area contributed by atoms with Crippen molar-refractivity contribution in [1.29, 1.82) is 0 Å². The number of benzene rings is 3. The third kappa shape index (κ3) is 6.66. The number of hydrogen-bond acceptors (Lipinski definition) is 8. The number of aliphatic hydroxyl groups is 1. The Labute approximate surface area is 232 Å². The molecule has 1 aliphatic rings. The molecule has 39 heavy (non-hydrogen) atoms. The van der Waals surface area contributed by atoms with Crippen molar-refractivity contribution >= 4 is 27.5 Å². The summed E-state index contributed by atoms with van der Waals surface area (Å²) in [4.78, 5) is 8.80. The van der Waals surface area contributed by atoms with Crippen LogP contribution in [0.15, 0.2) is 107 Å². The molecule has 4 unspecified atom stereocenters. The molecule has 8 nitrogen and oxygen atoms in total. The van der Waals surface area contributed by atoms with Crippen LogP contribution in [0.5, 0.6) is 0 Å². The van der Waals surface area contributed by atoms with E-state index in [1.807, 2.05) is 30.3 Å². The summed E-state index contributed by atoms with van der Waals surface area (Å²) in [7, 11) is -3.75. The molecule has 4 aromatic rings. The molecule has 0 bridgehead atoms. The second-order valence-electron chi connectivity index (χ2n) is 9.21. The Morgan fingerprint density at radius 3 is 2.36 bits per heavy atom. The van der Waals surface area contributed by atoms with E-state index in [0.717, 1.165) is 11.1 Å². The molecule has 2 N–H and O–H groups in total. The second kappa shape index (κ2) is 12.3. The van der Waals surface area contributed by atoms with Gasteiger partial charge in [0.2, 0.25) is 0 Å². The molecule has 0 radical (unpaired) electrons. The van der Waals surface area contributed by atoms with Crippen molar-refractivity contribution in [3.63, 3.8) is 0 Å². The van der Waals surface area contributed by atoms with Gasteiger partial charge in [-0.25, -0.2) is 18.4 Å².